The molecule has 0 saturated carbocycles. The first-order valence-electron chi connectivity index (χ1n) is 6.38. The van der Waals surface area contributed by atoms with Gasteiger partial charge in [0.15, 0.2) is 0 Å². The fourth-order valence-electron chi connectivity index (χ4n) is 2.02. The van der Waals surface area contributed by atoms with Crippen LogP contribution in [0.1, 0.15) is 33.6 Å². The molecule has 2 atom stereocenters. The monoisotopic (exact) mass is 283 g/mol. The lowest BCUT2D eigenvalue weighted by atomic mass is 9.83. The molecule has 19 heavy (non-hydrogen) atoms. The van der Waals surface area contributed by atoms with Crippen LogP contribution in [-0.4, -0.2) is 35.7 Å². The van der Waals surface area contributed by atoms with Crippen molar-refractivity contribution in [3.63, 3.8) is 0 Å². The number of hydrogen-bond acceptors (Lipinski definition) is 1. The summed E-state index contributed by atoms with van der Waals surface area (Å²) in [5, 5.41) is 0. The lowest BCUT2D eigenvalue weighted by Crippen LogP contribution is -2.58. The van der Waals surface area contributed by atoms with E-state index < -0.39 is 23.7 Å². The van der Waals surface area contributed by atoms with E-state index in [1.165, 1.54) is 13.8 Å². The first-order chi connectivity index (χ1) is 8.70. The molecule has 1 amide bonds. The van der Waals surface area contributed by atoms with Gasteiger partial charge in [0.05, 0.1) is 0 Å². The second kappa shape index (κ2) is 6.91. The van der Waals surface area contributed by atoms with Crippen LogP contribution < -0.4 is 0 Å². The fraction of sp³-hybridized carbons (Fsp3) is 0.769. The summed E-state index contributed by atoms with van der Waals surface area (Å²) in [4.78, 5) is 12.8. The van der Waals surface area contributed by atoms with E-state index >= 15 is 0 Å². The van der Waals surface area contributed by atoms with Crippen LogP contribution >= 0.6 is 0 Å². The SMILES string of the molecule is C=CC(CCC)[C@](F)(C(=O)N(CC)CC)C(F)(F)F. The van der Waals surface area contributed by atoms with Gasteiger partial charge in [-0.1, -0.05) is 19.4 Å². The minimum atomic E-state index is -5.25. The van der Waals surface area contributed by atoms with Gasteiger partial charge in [-0.05, 0) is 20.3 Å². The van der Waals surface area contributed by atoms with Crippen molar-refractivity contribution in [3.8, 4) is 0 Å². The molecule has 0 aliphatic carbocycles. The van der Waals surface area contributed by atoms with Gasteiger partial charge in [0, 0.05) is 19.0 Å². The molecule has 0 spiro atoms. The first-order valence-corrected chi connectivity index (χ1v) is 6.38. The van der Waals surface area contributed by atoms with Gasteiger partial charge in [-0.15, -0.1) is 6.58 Å². The van der Waals surface area contributed by atoms with Crippen LogP contribution in [0.3, 0.4) is 0 Å². The van der Waals surface area contributed by atoms with Gasteiger partial charge in [-0.3, -0.25) is 4.79 Å². The van der Waals surface area contributed by atoms with Crippen LogP contribution in [0.5, 0.6) is 0 Å². The summed E-state index contributed by atoms with van der Waals surface area (Å²) in [6, 6.07) is 0. The first kappa shape index (κ1) is 17.9. The number of rotatable bonds is 7. The smallest absolute Gasteiger partial charge is 0.340 e. The number of nitrogens with zero attached hydrogens (tertiary/aromatic N) is 1. The molecule has 0 aliphatic rings. The average molecular weight is 283 g/mol. The summed E-state index contributed by atoms with van der Waals surface area (Å²) in [6.07, 6.45) is -4.10. The second-order valence-electron chi connectivity index (χ2n) is 4.32. The molecule has 0 aromatic carbocycles. The highest BCUT2D eigenvalue weighted by Gasteiger charge is 2.65. The van der Waals surface area contributed by atoms with Crippen LogP contribution in [-0.2, 0) is 4.79 Å². The Balaban J connectivity index is 5.65. The normalized spacial score (nSPS) is 16.6. The Morgan fingerprint density at radius 2 is 1.68 bits per heavy atom. The second-order valence-corrected chi connectivity index (χ2v) is 4.32. The van der Waals surface area contributed by atoms with Crippen LogP contribution in [0.2, 0.25) is 0 Å². The fourth-order valence-corrected chi connectivity index (χ4v) is 2.02. The van der Waals surface area contributed by atoms with Gasteiger partial charge in [0.25, 0.3) is 11.6 Å². The lowest BCUT2D eigenvalue weighted by Gasteiger charge is -2.36. The molecule has 1 unspecified atom stereocenters. The van der Waals surface area contributed by atoms with Crippen LogP contribution in [0.15, 0.2) is 12.7 Å². The zero-order valence-corrected chi connectivity index (χ0v) is 11.6. The summed E-state index contributed by atoms with van der Waals surface area (Å²) >= 11 is 0. The highest BCUT2D eigenvalue weighted by atomic mass is 19.4. The zero-order chi connectivity index (χ0) is 15.3. The minimum absolute atomic E-state index is 0.0348. The van der Waals surface area contributed by atoms with Crippen molar-refractivity contribution < 1.29 is 22.4 Å². The van der Waals surface area contributed by atoms with Crippen molar-refractivity contribution >= 4 is 5.91 Å². The summed E-state index contributed by atoms with van der Waals surface area (Å²) in [5.74, 6) is -3.09. The third kappa shape index (κ3) is 3.48. The van der Waals surface area contributed by atoms with Crippen molar-refractivity contribution in [2.45, 2.75) is 45.5 Å². The summed E-state index contributed by atoms with van der Waals surface area (Å²) in [5.41, 5.74) is -3.89. The van der Waals surface area contributed by atoms with E-state index in [0.29, 0.717) is 6.42 Å². The molecule has 2 nitrogen and oxygen atoms in total. The van der Waals surface area contributed by atoms with Gasteiger partial charge in [-0.2, -0.15) is 13.2 Å². The van der Waals surface area contributed by atoms with E-state index in [0.717, 1.165) is 11.0 Å². The molecule has 6 heteroatoms. The summed E-state index contributed by atoms with van der Waals surface area (Å²) in [7, 11) is 0. The lowest BCUT2D eigenvalue weighted by molar-refractivity contribution is -0.243. The number of alkyl halides is 4. The van der Waals surface area contributed by atoms with Crippen LogP contribution in [0.4, 0.5) is 17.6 Å². The Bertz CT molecular complexity index is 312. The molecule has 0 heterocycles. The molecule has 0 saturated heterocycles. The van der Waals surface area contributed by atoms with Crippen LogP contribution in [0.25, 0.3) is 0 Å². The predicted octanol–water partition coefficient (Wildman–Crippen LogP) is 3.73. The van der Waals surface area contributed by atoms with Gasteiger partial charge >= 0.3 is 6.18 Å². The number of amides is 1. The largest absolute Gasteiger partial charge is 0.432 e. The highest BCUT2D eigenvalue weighted by molar-refractivity contribution is 5.86. The average Bonchev–Trinajstić information content (AvgIpc) is 2.34. The van der Waals surface area contributed by atoms with Crippen molar-refractivity contribution in [3.05, 3.63) is 12.7 Å². The van der Waals surface area contributed by atoms with E-state index in [2.05, 4.69) is 6.58 Å². The molecular formula is C13H21F4NO. The molecule has 0 N–H and O–H groups in total. The van der Waals surface area contributed by atoms with Gasteiger partial charge in [-0.25, -0.2) is 4.39 Å². The molecule has 0 aromatic rings. The third-order valence-corrected chi connectivity index (χ3v) is 3.17. The van der Waals surface area contributed by atoms with E-state index in [-0.39, 0.29) is 19.5 Å². The Hall–Kier alpha value is -1.07. The summed E-state index contributed by atoms with van der Waals surface area (Å²) < 4.78 is 53.8. The van der Waals surface area contributed by atoms with E-state index in [9.17, 15) is 22.4 Å². The molecular weight excluding hydrogens is 262 g/mol. The number of carbonyl (C=O) groups is 1. The predicted molar refractivity (Wildman–Crippen MR) is 66.4 cm³/mol. The highest BCUT2D eigenvalue weighted by Crippen LogP contribution is 2.43. The summed E-state index contributed by atoms with van der Waals surface area (Å²) in [6.45, 7) is 7.98. The van der Waals surface area contributed by atoms with Crippen molar-refractivity contribution in [1.82, 2.24) is 4.90 Å². The minimum Gasteiger partial charge on any atom is -0.340 e. The molecule has 0 aromatic heterocycles. The van der Waals surface area contributed by atoms with E-state index in [1.807, 2.05) is 0 Å². The Kier molecular flexibility index (Phi) is 6.52. The standard InChI is InChI=1S/C13H21F4NO/c1-5-9-10(6-2)12(14,13(15,16)17)11(19)18(7-3)8-4/h6,10H,2,5,7-9H2,1,3-4H3/t10?,12-/m0/s1. The quantitative estimate of drug-likeness (QED) is 0.515. The molecule has 0 aliphatic heterocycles. The molecule has 112 valence electrons. The van der Waals surface area contributed by atoms with E-state index in [4.69, 9.17) is 0 Å². The van der Waals surface area contributed by atoms with Crippen molar-refractivity contribution in [1.29, 1.82) is 0 Å². The maximum Gasteiger partial charge on any atom is 0.432 e. The number of allylic oxidation sites excluding steroid dienone is 1. The topological polar surface area (TPSA) is 20.3 Å². The molecule has 0 rings (SSSR count). The molecule has 0 radical (unpaired) electrons. The van der Waals surface area contributed by atoms with Crippen molar-refractivity contribution in [2.75, 3.05) is 13.1 Å². The van der Waals surface area contributed by atoms with E-state index in [1.54, 1.807) is 6.92 Å². The zero-order valence-electron chi connectivity index (χ0n) is 11.6. The van der Waals surface area contributed by atoms with Gasteiger partial charge in [0.2, 0.25) is 0 Å². The molecule has 0 bridgehead atoms. The van der Waals surface area contributed by atoms with Gasteiger partial charge < -0.3 is 4.90 Å². The number of carbonyl (C=O) groups excluding carboxylic acids is 1. The van der Waals surface area contributed by atoms with Gasteiger partial charge in [0.1, 0.15) is 0 Å². The Morgan fingerprint density at radius 3 is 1.95 bits per heavy atom. The Morgan fingerprint density at radius 1 is 1.21 bits per heavy atom. The number of halogens is 4. The maximum absolute atomic E-state index is 14.6. The third-order valence-electron chi connectivity index (χ3n) is 3.17. The maximum atomic E-state index is 14.6. The Labute approximate surface area is 111 Å². The van der Waals surface area contributed by atoms with Crippen LogP contribution in [0, 0.1) is 5.92 Å². The van der Waals surface area contributed by atoms with Crippen molar-refractivity contribution in [2.24, 2.45) is 5.92 Å². The number of hydrogen-bond donors (Lipinski definition) is 0. The molecule has 0 fully saturated rings.